The first-order valence-corrected chi connectivity index (χ1v) is 12.0. The summed E-state index contributed by atoms with van der Waals surface area (Å²) < 4.78 is 66.9. The van der Waals surface area contributed by atoms with E-state index in [2.05, 4.69) is 10.0 Å². The van der Waals surface area contributed by atoms with E-state index in [1.54, 1.807) is 25.1 Å². The summed E-state index contributed by atoms with van der Waals surface area (Å²) in [5.74, 6) is -0.719. The molecule has 0 aliphatic rings. The van der Waals surface area contributed by atoms with Gasteiger partial charge in [0.15, 0.2) is 0 Å². The lowest BCUT2D eigenvalue weighted by Crippen LogP contribution is -2.17. The normalized spacial score (nSPS) is 11.8. The van der Waals surface area contributed by atoms with E-state index in [-0.39, 0.29) is 16.1 Å². The molecule has 0 radical (unpaired) electrons. The highest BCUT2D eigenvalue weighted by molar-refractivity contribution is 7.98. The van der Waals surface area contributed by atoms with Crippen molar-refractivity contribution in [3.05, 3.63) is 83.4 Å². The molecule has 0 aliphatic heterocycles. The number of benzene rings is 3. The highest BCUT2D eigenvalue weighted by Gasteiger charge is 2.30. The van der Waals surface area contributed by atoms with Gasteiger partial charge in [-0.05, 0) is 67.3 Å². The predicted molar refractivity (Wildman–Crippen MR) is 120 cm³/mol. The van der Waals surface area contributed by atoms with Crippen LogP contribution in [0, 0.1) is 6.92 Å². The van der Waals surface area contributed by atoms with E-state index in [1.807, 2.05) is 12.3 Å². The van der Waals surface area contributed by atoms with Crippen molar-refractivity contribution in [1.82, 2.24) is 0 Å². The zero-order valence-electron chi connectivity index (χ0n) is 17.0. The van der Waals surface area contributed by atoms with Gasteiger partial charge in [0, 0.05) is 21.8 Å². The second-order valence-electron chi connectivity index (χ2n) is 6.85. The van der Waals surface area contributed by atoms with Crippen LogP contribution in [0.4, 0.5) is 24.5 Å². The van der Waals surface area contributed by atoms with E-state index in [0.29, 0.717) is 11.3 Å². The molecule has 3 aromatic carbocycles. The standard InChI is InChI=1S/C22H19F3N2O3S2/c1-14-9-10-19(32(29,30)27-17-7-4-8-18(12-17)31-2)13-20(14)21(28)26-16-6-3-5-15(11-16)22(23,24)25/h3-13,27H,1-2H3,(H,26,28). The Kier molecular flexibility index (Phi) is 6.85. The summed E-state index contributed by atoms with van der Waals surface area (Å²) in [6, 6.07) is 15.1. The molecule has 0 fully saturated rings. The third-order valence-corrected chi connectivity index (χ3v) is 6.64. The molecule has 0 saturated heterocycles. The maximum absolute atomic E-state index is 12.9. The highest BCUT2D eigenvalue weighted by Crippen LogP contribution is 2.31. The quantitative estimate of drug-likeness (QED) is 0.438. The highest BCUT2D eigenvalue weighted by atomic mass is 32.2. The van der Waals surface area contributed by atoms with Crippen molar-refractivity contribution in [3.8, 4) is 0 Å². The molecule has 0 aromatic heterocycles. The van der Waals surface area contributed by atoms with Crippen LogP contribution in [0.15, 0.2) is 76.5 Å². The van der Waals surface area contributed by atoms with Crippen LogP contribution in [-0.4, -0.2) is 20.6 Å². The van der Waals surface area contributed by atoms with Gasteiger partial charge in [-0.2, -0.15) is 13.2 Å². The lowest BCUT2D eigenvalue weighted by atomic mass is 10.1. The minimum Gasteiger partial charge on any atom is -0.322 e. The number of alkyl halides is 3. The fraction of sp³-hybridized carbons (Fsp3) is 0.136. The number of carbonyl (C=O) groups is 1. The number of nitrogens with one attached hydrogen (secondary N) is 2. The number of amides is 1. The first kappa shape index (κ1) is 23.7. The number of sulfonamides is 1. The Morgan fingerprint density at radius 1 is 0.938 bits per heavy atom. The van der Waals surface area contributed by atoms with Crippen LogP contribution in [0.3, 0.4) is 0 Å². The lowest BCUT2D eigenvalue weighted by molar-refractivity contribution is -0.137. The summed E-state index contributed by atoms with van der Waals surface area (Å²) in [5.41, 5.74) is -0.0853. The van der Waals surface area contributed by atoms with Crippen molar-refractivity contribution in [3.63, 3.8) is 0 Å². The Labute approximate surface area is 188 Å². The largest absolute Gasteiger partial charge is 0.416 e. The molecule has 0 spiro atoms. The van der Waals surface area contributed by atoms with Crippen LogP contribution in [-0.2, 0) is 16.2 Å². The number of thioether (sulfide) groups is 1. The van der Waals surface area contributed by atoms with Gasteiger partial charge in [-0.3, -0.25) is 9.52 Å². The van der Waals surface area contributed by atoms with Crippen LogP contribution in [0.25, 0.3) is 0 Å². The minimum absolute atomic E-state index is 0.0307. The number of carbonyl (C=O) groups excluding carboxylic acids is 1. The number of aryl methyl sites for hydroxylation is 1. The molecule has 0 aliphatic carbocycles. The zero-order valence-corrected chi connectivity index (χ0v) is 18.7. The topological polar surface area (TPSA) is 75.3 Å². The summed E-state index contributed by atoms with van der Waals surface area (Å²) in [4.78, 5) is 13.4. The van der Waals surface area contributed by atoms with Crippen LogP contribution in [0.1, 0.15) is 21.5 Å². The Morgan fingerprint density at radius 2 is 1.62 bits per heavy atom. The molecule has 5 nitrogen and oxygen atoms in total. The van der Waals surface area contributed by atoms with Crippen molar-refractivity contribution >= 4 is 39.1 Å². The molecule has 3 aromatic rings. The molecule has 0 unspecified atom stereocenters. The second-order valence-corrected chi connectivity index (χ2v) is 9.41. The van der Waals surface area contributed by atoms with Gasteiger partial charge in [0.2, 0.25) is 0 Å². The molecule has 2 N–H and O–H groups in total. The fourth-order valence-electron chi connectivity index (χ4n) is 2.89. The van der Waals surface area contributed by atoms with E-state index in [9.17, 15) is 26.4 Å². The van der Waals surface area contributed by atoms with E-state index in [4.69, 9.17) is 0 Å². The Morgan fingerprint density at radius 3 is 2.31 bits per heavy atom. The molecule has 0 atom stereocenters. The number of rotatable bonds is 6. The van der Waals surface area contributed by atoms with E-state index < -0.39 is 27.7 Å². The van der Waals surface area contributed by atoms with Crippen molar-refractivity contribution < 1.29 is 26.4 Å². The minimum atomic E-state index is -4.55. The maximum atomic E-state index is 12.9. The molecule has 168 valence electrons. The molecule has 3 rings (SSSR count). The summed E-state index contributed by atoms with van der Waals surface area (Å²) in [5, 5.41) is 2.40. The molecule has 32 heavy (non-hydrogen) atoms. The van der Waals surface area contributed by atoms with E-state index in [0.717, 1.165) is 17.0 Å². The fourth-order valence-corrected chi connectivity index (χ4v) is 4.42. The first-order chi connectivity index (χ1) is 15.0. The number of halogens is 3. The van der Waals surface area contributed by atoms with Crippen molar-refractivity contribution in [2.75, 3.05) is 16.3 Å². The van der Waals surface area contributed by atoms with Crippen molar-refractivity contribution in [2.45, 2.75) is 22.9 Å². The molecular formula is C22H19F3N2O3S2. The molecule has 0 heterocycles. The first-order valence-electron chi connectivity index (χ1n) is 9.26. The van der Waals surface area contributed by atoms with Gasteiger partial charge >= 0.3 is 6.18 Å². The smallest absolute Gasteiger partial charge is 0.322 e. The number of anilines is 2. The number of hydrogen-bond donors (Lipinski definition) is 2. The van der Waals surface area contributed by atoms with Gasteiger partial charge in [0.25, 0.3) is 15.9 Å². The average Bonchev–Trinajstić information content (AvgIpc) is 2.73. The van der Waals surface area contributed by atoms with E-state index in [1.165, 1.54) is 42.1 Å². The Hall–Kier alpha value is -2.98. The van der Waals surface area contributed by atoms with Gasteiger partial charge in [0.1, 0.15) is 0 Å². The van der Waals surface area contributed by atoms with Crippen LogP contribution in [0.5, 0.6) is 0 Å². The van der Waals surface area contributed by atoms with E-state index >= 15 is 0 Å². The van der Waals surface area contributed by atoms with Gasteiger partial charge < -0.3 is 5.32 Å². The average molecular weight is 481 g/mol. The Balaban J connectivity index is 1.87. The summed E-state index contributed by atoms with van der Waals surface area (Å²) in [6.45, 7) is 1.60. The van der Waals surface area contributed by atoms with Crippen molar-refractivity contribution in [1.29, 1.82) is 0 Å². The summed E-state index contributed by atoms with van der Waals surface area (Å²) in [6.07, 6.45) is -2.69. The summed E-state index contributed by atoms with van der Waals surface area (Å²) >= 11 is 1.46. The molecule has 0 saturated carbocycles. The van der Waals surface area contributed by atoms with Crippen LogP contribution < -0.4 is 10.0 Å². The lowest BCUT2D eigenvalue weighted by Gasteiger charge is -2.13. The molecular weight excluding hydrogens is 461 g/mol. The molecule has 1 amide bonds. The SMILES string of the molecule is CSc1cccc(NS(=O)(=O)c2ccc(C)c(C(=O)Nc3cccc(C(F)(F)F)c3)c2)c1. The third kappa shape index (κ3) is 5.63. The zero-order chi connectivity index (χ0) is 23.5. The number of hydrogen-bond acceptors (Lipinski definition) is 4. The van der Waals surface area contributed by atoms with Crippen LogP contribution >= 0.6 is 11.8 Å². The molecule has 0 bridgehead atoms. The second kappa shape index (κ2) is 9.25. The van der Waals surface area contributed by atoms with Gasteiger partial charge in [-0.15, -0.1) is 11.8 Å². The van der Waals surface area contributed by atoms with Gasteiger partial charge in [-0.25, -0.2) is 8.42 Å². The third-order valence-electron chi connectivity index (χ3n) is 4.53. The van der Waals surface area contributed by atoms with Gasteiger partial charge in [0.05, 0.1) is 10.5 Å². The monoisotopic (exact) mass is 480 g/mol. The van der Waals surface area contributed by atoms with Gasteiger partial charge in [-0.1, -0.05) is 18.2 Å². The maximum Gasteiger partial charge on any atom is 0.416 e. The van der Waals surface area contributed by atoms with Crippen molar-refractivity contribution in [2.24, 2.45) is 0 Å². The molecule has 10 heteroatoms. The summed E-state index contributed by atoms with van der Waals surface area (Å²) in [7, 11) is -4.00. The Bertz CT molecular complexity index is 1260. The van der Waals surface area contributed by atoms with Crippen LogP contribution in [0.2, 0.25) is 0 Å². The predicted octanol–water partition coefficient (Wildman–Crippen LogP) is 5.79.